The molecule has 0 fully saturated rings. The van der Waals surface area contributed by atoms with Gasteiger partial charge < -0.3 is 9.47 Å². The minimum Gasteiger partial charge on any atom is -0.492 e. The number of rotatable bonds is 4. The van der Waals surface area contributed by atoms with Crippen LogP contribution >= 0.6 is 0 Å². The van der Waals surface area contributed by atoms with E-state index in [2.05, 4.69) is 41.5 Å². The third kappa shape index (κ3) is 6.19. The largest absolute Gasteiger partial charge is 0.492 e. The van der Waals surface area contributed by atoms with Crippen molar-refractivity contribution in [2.24, 2.45) is 10.8 Å². The van der Waals surface area contributed by atoms with Crippen LogP contribution in [-0.2, 0) is 11.2 Å². The van der Waals surface area contributed by atoms with Crippen molar-refractivity contribution >= 4 is 5.97 Å². The van der Waals surface area contributed by atoms with Crippen LogP contribution in [0.25, 0.3) is 0 Å². The minimum absolute atomic E-state index is 0.0392. The van der Waals surface area contributed by atoms with E-state index in [0.717, 1.165) is 12.0 Å². The van der Waals surface area contributed by atoms with Gasteiger partial charge in [-0.05, 0) is 34.9 Å². The maximum absolute atomic E-state index is 12.0. The molecule has 0 saturated heterocycles. The lowest BCUT2D eigenvalue weighted by atomic mass is 9.87. The molecule has 118 valence electrons. The SMILES string of the molecule is COC(=O)c1cc(CC(C)(C)C)ccc1OCC(C)(C)C. The van der Waals surface area contributed by atoms with E-state index in [0.29, 0.717) is 17.9 Å². The summed E-state index contributed by atoms with van der Waals surface area (Å²) in [6, 6.07) is 5.78. The number of benzene rings is 1. The normalized spacial score (nSPS) is 12.1. The van der Waals surface area contributed by atoms with Gasteiger partial charge in [-0.25, -0.2) is 4.79 Å². The van der Waals surface area contributed by atoms with Gasteiger partial charge in [-0.2, -0.15) is 0 Å². The number of carbonyl (C=O) groups is 1. The lowest BCUT2D eigenvalue weighted by molar-refractivity contribution is 0.0593. The van der Waals surface area contributed by atoms with Crippen molar-refractivity contribution in [2.75, 3.05) is 13.7 Å². The Hall–Kier alpha value is -1.51. The second-order valence-electron chi connectivity index (χ2n) is 7.91. The first-order valence-corrected chi connectivity index (χ1v) is 7.36. The van der Waals surface area contributed by atoms with Gasteiger partial charge in [0.25, 0.3) is 0 Å². The van der Waals surface area contributed by atoms with Crippen molar-refractivity contribution in [3.63, 3.8) is 0 Å². The molecule has 0 aliphatic carbocycles. The lowest BCUT2D eigenvalue weighted by Gasteiger charge is -2.22. The van der Waals surface area contributed by atoms with Crippen LogP contribution in [0.1, 0.15) is 57.5 Å². The zero-order valence-electron chi connectivity index (χ0n) is 14.4. The maximum atomic E-state index is 12.0. The monoisotopic (exact) mass is 292 g/mol. The Morgan fingerprint density at radius 3 is 2.14 bits per heavy atom. The fraction of sp³-hybridized carbons (Fsp3) is 0.611. The molecule has 0 aromatic heterocycles. The van der Waals surface area contributed by atoms with Gasteiger partial charge in [0, 0.05) is 0 Å². The molecule has 1 aromatic carbocycles. The summed E-state index contributed by atoms with van der Waals surface area (Å²) in [6.45, 7) is 13.4. The molecule has 21 heavy (non-hydrogen) atoms. The molecule has 0 aliphatic heterocycles. The summed E-state index contributed by atoms with van der Waals surface area (Å²) in [7, 11) is 1.40. The van der Waals surface area contributed by atoms with Crippen LogP contribution in [0.4, 0.5) is 0 Å². The Bertz CT molecular complexity index is 490. The van der Waals surface area contributed by atoms with E-state index in [1.807, 2.05) is 18.2 Å². The fourth-order valence-electron chi connectivity index (χ4n) is 1.99. The third-order valence-electron chi connectivity index (χ3n) is 2.84. The van der Waals surface area contributed by atoms with Gasteiger partial charge in [-0.15, -0.1) is 0 Å². The van der Waals surface area contributed by atoms with Crippen LogP contribution in [0.2, 0.25) is 0 Å². The number of hydrogen-bond acceptors (Lipinski definition) is 3. The van der Waals surface area contributed by atoms with Crippen LogP contribution < -0.4 is 4.74 Å². The molecule has 0 radical (unpaired) electrons. The Morgan fingerprint density at radius 1 is 1.05 bits per heavy atom. The Labute approximate surface area is 128 Å². The summed E-state index contributed by atoms with van der Waals surface area (Å²) in [5.74, 6) is 0.240. The highest BCUT2D eigenvalue weighted by Gasteiger charge is 2.19. The Morgan fingerprint density at radius 2 is 1.67 bits per heavy atom. The second kappa shape index (κ2) is 6.50. The topological polar surface area (TPSA) is 35.5 Å². The molecular formula is C18H28O3. The summed E-state index contributed by atoms with van der Waals surface area (Å²) < 4.78 is 10.7. The van der Waals surface area contributed by atoms with Gasteiger partial charge in [0.15, 0.2) is 0 Å². The molecule has 0 aliphatic rings. The van der Waals surface area contributed by atoms with E-state index >= 15 is 0 Å². The molecular weight excluding hydrogens is 264 g/mol. The van der Waals surface area contributed by atoms with E-state index in [1.54, 1.807) is 0 Å². The molecule has 0 heterocycles. The highest BCUT2D eigenvalue weighted by Crippen LogP contribution is 2.27. The zero-order chi connectivity index (χ0) is 16.3. The standard InChI is InChI=1S/C18H28O3/c1-17(2,3)11-13-8-9-15(21-12-18(4,5)6)14(10-13)16(19)20-7/h8-10H,11-12H2,1-7H3. The van der Waals surface area contributed by atoms with E-state index in [4.69, 9.17) is 9.47 Å². The van der Waals surface area contributed by atoms with Crippen molar-refractivity contribution in [1.29, 1.82) is 0 Å². The van der Waals surface area contributed by atoms with Crippen molar-refractivity contribution in [2.45, 2.75) is 48.0 Å². The first-order valence-electron chi connectivity index (χ1n) is 7.36. The highest BCUT2D eigenvalue weighted by molar-refractivity contribution is 5.92. The van der Waals surface area contributed by atoms with Gasteiger partial charge in [0.1, 0.15) is 11.3 Å². The quantitative estimate of drug-likeness (QED) is 0.767. The number of ether oxygens (including phenoxy) is 2. The van der Waals surface area contributed by atoms with Crippen molar-refractivity contribution in [3.8, 4) is 5.75 Å². The van der Waals surface area contributed by atoms with E-state index < -0.39 is 0 Å². The van der Waals surface area contributed by atoms with Gasteiger partial charge in [0.2, 0.25) is 0 Å². The van der Waals surface area contributed by atoms with Crippen molar-refractivity contribution < 1.29 is 14.3 Å². The lowest BCUT2D eigenvalue weighted by Crippen LogP contribution is -2.18. The van der Waals surface area contributed by atoms with Crippen LogP contribution in [0, 0.1) is 10.8 Å². The number of hydrogen-bond donors (Lipinski definition) is 0. The van der Waals surface area contributed by atoms with Crippen molar-refractivity contribution in [3.05, 3.63) is 29.3 Å². The van der Waals surface area contributed by atoms with Gasteiger partial charge in [0.05, 0.1) is 13.7 Å². The first-order chi connectivity index (χ1) is 9.52. The number of carbonyl (C=O) groups excluding carboxylic acids is 1. The zero-order valence-corrected chi connectivity index (χ0v) is 14.4. The Balaban J connectivity index is 3.05. The highest BCUT2D eigenvalue weighted by atomic mass is 16.5. The Kier molecular flexibility index (Phi) is 5.43. The third-order valence-corrected chi connectivity index (χ3v) is 2.84. The number of methoxy groups -OCH3 is 1. The summed E-state index contributed by atoms with van der Waals surface area (Å²) in [4.78, 5) is 12.0. The molecule has 0 saturated carbocycles. The smallest absolute Gasteiger partial charge is 0.341 e. The van der Waals surface area contributed by atoms with E-state index in [9.17, 15) is 4.79 Å². The van der Waals surface area contributed by atoms with Crippen LogP contribution in [-0.4, -0.2) is 19.7 Å². The van der Waals surface area contributed by atoms with Crippen molar-refractivity contribution in [1.82, 2.24) is 0 Å². The average molecular weight is 292 g/mol. The molecule has 0 N–H and O–H groups in total. The molecule has 1 rings (SSSR count). The molecule has 3 heteroatoms. The van der Waals surface area contributed by atoms with Gasteiger partial charge in [-0.1, -0.05) is 47.6 Å². The first kappa shape index (κ1) is 17.5. The van der Waals surface area contributed by atoms with Gasteiger partial charge >= 0.3 is 5.97 Å². The second-order valence-corrected chi connectivity index (χ2v) is 7.91. The fourth-order valence-corrected chi connectivity index (χ4v) is 1.99. The summed E-state index contributed by atoms with van der Waals surface area (Å²) in [6.07, 6.45) is 0.899. The van der Waals surface area contributed by atoms with E-state index in [-0.39, 0.29) is 16.8 Å². The predicted molar refractivity (Wildman–Crippen MR) is 85.9 cm³/mol. The number of esters is 1. The van der Waals surface area contributed by atoms with Gasteiger partial charge in [-0.3, -0.25) is 0 Å². The van der Waals surface area contributed by atoms with Crippen LogP contribution in [0.3, 0.4) is 0 Å². The molecule has 0 bridgehead atoms. The summed E-state index contributed by atoms with van der Waals surface area (Å²) >= 11 is 0. The van der Waals surface area contributed by atoms with E-state index in [1.165, 1.54) is 7.11 Å². The van der Waals surface area contributed by atoms with Crippen LogP contribution in [0.15, 0.2) is 18.2 Å². The molecule has 0 atom stereocenters. The maximum Gasteiger partial charge on any atom is 0.341 e. The molecule has 3 nitrogen and oxygen atoms in total. The molecule has 1 aromatic rings. The molecule has 0 spiro atoms. The van der Waals surface area contributed by atoms with Crippen LogP contribution in [0.5, 0.6) is 5.75 Å². The summed E-state index contributed by atoms with van der Waals surface area (Å²) in [5.41, 5.74) is 1.83. The molecule has 0 amide bonds. The minimum atomic E-state index is -0.352. The molecule has 0 unspecified atom stereocenters. The summed E-state index contributed by atoms with van der Waals surface area (Å²) in [5, 5.41) is 0. The predicted octanol–water partition coefficient (Wildman–Crippen LogP) is 4.49. The average Bonchev–Trinajstić information content (AvgIpc) is 2.33.